The minimum atomic E-state index is -0.0967. The fourth-order valence-electron chi connectivity index (χ4n) is 2.08. The van der Waals surface area contributed by atoms with Gasteiger partial charge in [-0.2, -0.15) is 0 Å². The summed E-state index contributed by atoms with van der Waals surface area (Å²) in [5, 5.41) is 0. The van der Waals surface area contributed by atoms with E-state index < -0.39 is 0 Å². The first kappa shape index (κ1) is 17.3. The fourth-order valence-corrected chi connectivity index (χ4v) is 2.08. The van der Waals surface area contributed by atoms with Crippen molar-refractivity contribution in [1.29, 1.82) is 0 Å². The molecule has 2 aromatic carbocycles. The van der Waals surface area contributed by atoms with Gasteiger partial charge in [0.15, 0.2) is 17.3 Å². The average molecular weight is 324 g/mol. The Morgan fingerprint density at radius 3 is 1.92 bits per heavy atom. The average Bonchev–Trinajstić information content (AvgIpc) is 2.64. The molecule has 2 aromatic rings. The maximum absolute atomic E-state index is 11.9. The van der Waals surface area contributed by atoms with Crippen molar-refractivity contribution in [1.82, 2.24) is 0 Å². The van der Waals surface area contributed by atoms with Crippen LogP contribution in [0.25, 0.3) is 12.2 Å². The van der Waals surface area contributed by atoms with E-state index in [9.17, 15) is 4.79 Å². The van der Waals surface area contributed by atoms with Gasteiger partial charge in [-0.1, -0.05) is 30.4 Å². The van der Waals surface area contributed by atoms with Crippen molar-refractivity contribution in [2.75, 3.05) is 21.3 Å². The summed E-state index contributed by atoms with van der Waals surface area (Å²) in [5.41, 5.74) is 1.79. The molecule has 0 radical (unpaired) electrons. The van der Waals surface area contributed by atoms with E-state index in [0.29, 0.717) is 11.5 Å². The number of carbonyl (C=O) groups is 1. The standard InChI is InChI=1S/C20H20O4/c1-22-18-11-6-15(7-12-18)4-9-17(21)10-5-16-8-13-19(23-2)20(14-16)24-3/h4-14H,1-3H3. The second-order valence-corrected chi connectivity index (χ2v) is 4.96. The Morgan fingerprint density at radius 2 is 1.33 bits per heavy atom. The largest absolute Gasteiger partial charge is 0.497 e. The Hall–Kier alpha value is -3.01. The van der Waals surface area contributed by atoms with Crippen LogP contribution in [0.1, 0.15) is 11.1 Å². The van der Waals surface area contributed by atoms with E-state index in [2.05, 4.69) is 0 Å². The van der Waals surface area contributed by atoms with Crippen molar-refractivity contribution >= 4 is 17.9 Å². The van der Waals surface area contributed by atoms with Crippen LogP contribution in [0, 0.1) is 0 Å². The molecule has 124 valence electrons. The second-order valence-electron chi connectivity index (χ2n) is 4.96. The van der Waals surface area contributed by atoms with Crippen LogP contribution in [0.15, 0.2) is 54.6 Å². The predicted octanol–water partition coefficient (Wildman–Crippen LogP) is 4.01. The molecule has 0 aromatic heterocycles. The van der Waals surface area contributed by atoms with Crippen molar-refractivity contribution in [3.8, 4) is 17.2 Å². The lowest BCUT2D eigenvalue weighted by Gasteiger charge is -2.07. The number of methoxy groups -OCH3 is 3. The molecule has 0 atom stereocenters. The zero-order chi connectivity index (χ0) is 17.4. The van der Waals surface area contributed by atoms with Gasteiger partial charge in [0.1, 0.15) is 5.75 Å². The SMILES string of the molecule is COc1ccc(C=CC(=O)C=Cc2ccc(OC)c(OC)c2)cc1. The number of carbonyl (C=O) groups excluding carboxylic acids is 1. The van der Waals surface area contributed by atoms with E-state index in [0.717, 1.165) is 16.9 Å². The number of ether oxygens (including phenoxy) is 3. The molecule has 2 rings (SSSR count). The molecule has 0 saturated carbocycles. The van der Waals surface area contributed by atoms with Crippen LogP contribution < -0.4 is 14.2 Å². The Balaban J connectivity index is 2.03. The van der Waals surface area contributed by atoms with E-state index in [1.165, 1.54) is 12.2 Å². The van der Waals surface area contributed by atoms with Crippen LogP contribution in [0.4, 0.5) is 0 Å². The zero-order valence-corrected chi connectivity index (χ0v) is 14.0. The van der Waals surface area contributed by atoms with Gasteiger partial charge in [-0.05, 0) is 47.5 Å². The Labute approximate surface area is 142 Å². The Bertz CT molecular complexity index is 743. The van der Waals surface area contributed by atoms with Crippen LogP contribution in [0.5, 0.6) is 17.2 Å². The summed E-state index contributed by atoms with van der Waals surface area (Å²) in [5.74, 6) is 1.97. The molecule has 0 saturated heterocycles. The molecule has 0 aliphatic rings. The molecule has 0 aliphatic carbocycles. The highest BCUT2D eigenvalue weighted by Crippen LogP contribution is 2.27. The molecular formula is C20H20O4. The van der Waals surface area contributed by atoms with Gasteiger partial charge >= 0.3 is 0 Å². The second kappa shape index (κ2) is 8.58. The highest BCUT2D eigenvalue weighted by Gasteiger charge is 2.02. The van der Waals surface area contributed by atoms with E-state index in [-0.39, 0.29) is 5.78 Å². The zero-order valence-electron chi connectivity index (χ0n) is 14.0. The predicted molar refractivity (Wildman–Crippen MR) is 95.6 cm³/mol. The fraction of sp³-hybridized carbons (Fsp3) is 0.150. The van der Waals surface area contributed by atoms with E-state index in [1.54, 1.807) is 39.5 Å². The lowest BCUT2D eigenvalue weighted by atomic mass is 10.1. The van der Waals surface area contributed by atoms with Crippen LogP contribution in [0.3, 0.4) is 0 Å². The minimum Gasteiger partial charge on any atom is -0.497 e. The minimum absolute atomic E-state index is 0.0967. The number of hydrogen-bond donors (Lipinski definition) is 0. The molecule has 0 spiro atoms. The third kappa shape index (κ3) is 4.74. The molecular weight excluding hydrogens is 304 g/mol. The summed E-state index contributed by atoms with van der Waals surface area (Å²) in [7, 11) is 4.78. The molecule has 24 heavy (non-hydrogen) atoms. The number of ketones is 1. The molecule has 4 heteroatoms. The molecule has 0 amide bonds. The Kier molecular flexibility index (Phi) is 6.20. The first-order chi connectivity index (χ1) is 11.7. The van der Waals surface area contributed by atoms with E-state index in [1.807, 2.05) is 36.4 Å². The van der Waals surface area contributed by atoms with Gasteiger partial charge in [0, 0.05) is 0 Å². The number of benzene rings is 2. The summed E-state index contributed by atoms with van der Waals surface area (Å²) in [4.78, 5) is 11.9. The van der Waals surface area contributed by atoms with Crippen LogP contribution in [-0.2, 0) is 4.79 Å². The van der Waals surface area contributed by atoms with Crippen LogP contribution in [-0.4, -0.2) is 27.1 Å². The van der Waals surface area contributed by atoms with Gasteiger partial charge in [-0.25, -0.2) is 0 Å². The summed E-state index contributed by atoms with van der Waals surface area (Å²) in [6.45, 7) is 0. The van der Waals surface area contributed by atoms with Gasteiger partial charge in [0.05, 0.1) is 21.3 Å². The van der Waals surface area contributed by atoms with Gasteiger partial charge in [0.25, 0.3) is 0 Å². The van der Waals surface area contributed by atoms with Gasteiger partial charge in [-0.15, -0.1) is 0 Å². The Morgan fingerprint density at radius 1 is 0.750 bits per heavy atom. The molecule has 0 fully saturated rings. The maximum atomic E-state index is 11.9. The summed E-state index contributed by atoms with van der Waals surface area (Å²) >= 11 is 0. The highest BCUT2D eigenvalue weighted by molar-refractivity contribution is 6.04. The lowest BCUT2D eigenvalue weighted by molar-refractivity contribution is -0.110. The quantitative estimate of drug-likeness (QED) is 0.722. The van der Waals surface area contributed by atoms with Crippen LogP contribution >= 0.6 is 0 Å². The van der Waals surface area contributed by atoms with Crippen molar-refractivity contribution in [3.63, 3.8) is 0 Å². The summed E-state index contributed by atoms with van der Waals surface area (Å²) < 4.78 is 15.5. The van der Waals surface area contributed by atoms with Crippen molar-refractivity contribution in [3.05, 3.63) is 65.7 Å². The van der Waals surface area contributed by atoms with Gasteiger partial charge in [0.2, 0.25) is 0 Å². The molecule has 4 nitrogen and oxygen atoms in total. The summed E-state index contributed by atoms with van der Waals surface area (Å²) in [6.07, 6.45) is 6.55. The van der Waals surface area contributed by atoms with Crippen molar-refractivity contribution < 1.29 is 19.0 Å². The third-order valence-corrected chi connectivity index (χ3v) is 3.40. The first-order valence-electron chi connectivity index (χ1n) is 7.42. The molecule has 0 unspecified atom stereocenters. The molecule has 0 aliphatic heterocycles. The number of hydrogen-bond acceptors (Lipinski definition) is 4. The lowest BCUT2D eigenvalue weighted by Crippen LogP contribution is -1.91. The van der Waals surface area contributed by atoms with Gasteiger partial charge in [-0.3, -0.25) is 4.79 Å². The maximum Gasteiger partial charge on any atom is 0.178 e. The van der Waals surface area contributed by atoms with E-state index in [4.69, 9.17) is 14.2 Å². The summed E-state index contributed by atoms with van der Waals surface area (Å²) in [6, 6.07) is 13.0. The van der Waals surface area contributed by atoms with E-state index >= 15 is 0 Å². The van der Waals surface area contributed by atoms with Crippen LogP contribution in [0.2, 0.25) is 0 Å². The molecule has 0 heterocycles. The molecule has 0 bridgehead atoms. The number of rotatable bonds is 7. The normalized spacial score (nSPS) is 11.0. The van der Waals surface area contributed by atoms with Gasteiger partial charge < -0.3 is 14.2 Å². The molecule has 0 N–H and O–H groups in total. The smallest absolute Gasteiger partial charge is 0.178 e. The third-order valence-electron chi connectivity index (χ3n) is 3.40. The van der Waals surface area contributed by atoms with Crippen molar-refractivity contribution in [2.24, 2.45) is 0 Å². The van der Waals surface area contributed by atoms with Crippen molar-refractivity contribution in [2.45, 2.75) is 0 Å². The number of allylic oxidation sites excluding steroid dienone is 2. The highest BCUT2D eigenvalue weighted by atomic mass is 16.5. The first-order valence-corrected chi connectivity index (χ1v) is 7.42. The topological polar surface area (TPSA) is 44.8 Å². The monoisotopic (exact) mass is 324 g/mol.